The average molecular weight is 397 g/mol. The second kappa shape index (κ2) is 7.64. The largest absolute Gasteiger partial charge is 0.367 e. The third kappa shape index (κ3) is 3.47. The molecule has 0 aliphatic carbocycles. The minimum absolute atomic E-state index is 0.0450. The molecule has 1 aliphatic heterocycles. The molecule has 3 aromatic rings. The van der Waals surface area contributed by atoms with Crippen LogP contribution >= 0.6 is 11.6 Å². The molecule has 28 heavy (non-hydrogen) atoms. The predicted octanol–water partition coefficient (Wildman–Crippen LogP) is 2.71. The van der Waals surface area contributed by atoms with Gasteiger partial charge in [0.2, 0.25) is 5.91 Å². The number of hydrogen-bond acceptors (Lipinski definition) is 4. The molecule has 0 spiro atoms. The van der Waals surface area contributed by atoms with Crippen molar-refractivity contribution in [2.75, 3.05) is 31.1 Å². The highest BCUT2D eigenvalue weighted by Gasteiger charge is 2.23. The van der Waals surface area contributed by atoms with Gasteiger partial charge < -0.3 is 9.80 Å². The van der Waals surface area contributed by atoms with Crippen molar-refractivity contribution < 1.29 is 4.79 Å². The number of carbonyl (C=O) groups is 1. The Labute approximate surface area is 167 Å². The van der Waals surface area contributed by atoms with Crippen molar-refractivity contribution in [3.8, 4) is 0 Å². The van der Waals surface area contributed by atoms with Gasteiger partial charge in [-0.2, -0.15) is 5.10 Å². The standard InChI is InChI=1S/C21H21ClN4O2/c1-15-16-6-2-3-7-17(16)21(28)26(23-15)14-20(27)25-12-10-24(11-13-25)19-9-5-4-8-18(19)22/h2-9H,10-14H2,1H3. The zero-order chi connectivity index (χ0) is 19.7. The van der Waals surface area contributed by atoms with Crippen LogP contribution in [0.2, 0.25) is 5.02 Å². The highest BCUT2D eigenvalue weighted by Crippen LogP contribution is 2.26. The number of carbonyl (C=O) groups excluding carboxylic acids is 1. The molecule has 2 aromatic carbocycles. The van der Waals surface area contributed by atoms with Crippen molar-refractivity contribution in [2.24, 2.45) is 0 Å². The van der Waals surface area contributed by atoms with Gasteiger partial charge in [0.25, 0.3) is 5.56 Å². The number of hydrogen-bond donors (Lipinski definition) is 0. The zero-order valence-corrected chi connectivity index (χ0v) is 16.4. The van der Waals surface area contributed by atoms with Gasteiger partial charge in [-0.25, -0.2) is 4.68 Å². The molecule has 1 saturated heterocycles. The van der Waals surface area contributed by atoms with E-state index in [0.717, 1.165) is 16.8 Å². The van der Waals surface area contributed by atoms with Crippen LogP contribution in [-0.2, 0) is 11.3 Å². The number of piperazine rings is 1. The first-order chi connectivity index (χ1) is 13.5. The molecule has 1 aliphatic rings. The number of benzene rings is 2. The molecule has 1 amide bonds. The molecule has 7 heteroatoms. The van der Waals surface area contributed by atoms with Crippen molar-refractivity contribution in [3.05, 3.63) is 69.6 Å². The summed E-state index contributed by atoms with van der Waals surface area (Å²) in [4.78, 5) is 29.4. The summed E-state index contributed by atoms with van der Waals surface area (Å²) in [5.41, 5.74) is 1.50. The molecule has 1 fully saturated rings. The van der Waals surface area contributed by atoms with Crippen LogP contribution < -0.4 is 10.5 Å². The van der Waals surface area contributed by atoms with E-state index >= 15 is 0 Å². The molecule has 4 rings (SSSR count). The molecule has 0 saturated carbocycles. The van der Waals surface area contributed by atoms with Crippen LogP contribution in [-0.4, -0.2) is 46.8 Å². The van der Waals surface area contributed by atoms with E-state index in [2.05, 4.69) is 10.00 Å². The highest BCUT2D eigenvalue weighted by atomic mass is 35.5. The average Bonchev–Trinajstić information content (AvgIpc) is 2.72. The first-order valence-corrected chi connectivity index (χ1v) is 9.66. The number of fused-ring (bicyclic) bond motifs is 1. The number of rotatable bonds is 3. The second-order valence-corrected chi connectivity index (χ2v) is 7.32. The molecule has 144 valence electrons. The SMILES string of the molecule is Cc1nn(CC(=O)N2CCN(c3ccccc3Cl)CC2)c(=O)c2ccccc12. The Morgan fingerprint density at radius 1 is 1.00 bits per heavy atom. The number of aryl methyl sites for hydroxylation is 1. The van der Waals surface area contributed by atoms with Crippen LogP contribution in [0.25, 0.3) is 10.8 Å². The van der Waals surface area contributed by atoms with Gasteiger partial charge in [0.15, 0.2) is 0 Å². The fourth-order valence-electron chi connectivity index (χ4n) is 3.64. The van der Waals surface area contributed by atoms with E-state index in [1.165, 1.54) is 4.68 Å². The first-order valence-electron chi connectivity index (χ1n) is 9.28. The normalized spacial score (nSPS) is 14.5. The van der Waals surface area contributed by atoms with E-state index < -0.39 is 0 Å². The van der Waals surface area contributed by atoms with E-state index in [-0.39, 0.29) is 18.0 Å². The quantitative estimate of drug-likeness (QED) is 0.683. The van der Waals surface area contributed by atoms with E-state index in [0.29, 0.717) is 36.6 Å². The van der Waals surface area contributed by atoms with Crippen molar-refractivity contribution >= 4 is 34.0 Å². The van der Waals surface area contributed by atoms with Crippen molar-refractivity contribution in [1.82, 2.24) is 14.7 Å². The Balaban J connectivity index is 1.47. The summed E-state index contributed by atoms with van der Waals surface area (Å²) in [6, 6.07) is 15.1. The molecular formula is C21H21ClN4O2. The monoisotopic (exact) mass is 396 g/mol. The highest BCUT2D eigenvalue weighted by molar-refractivity contribution is 6.33. The van der Waals surface area contributed by atoms with Gasteiger partial charge >= 0.3 is 0 Å². The number of nitrogens with zero attached hydrogens (tertiary/aromatic N) is 4. The number of para-hydroxylation sites is 1. The Hall–Kier alpha value is -2.86. The summed E-state index contributed by atoms with van der Waals surface area (Å²) in [7, 11) is 0. The van der Waals surface area contributed by atoms with Crippen molar-refractivity contribution in [3.63, 3.8) is 0 Å². The number of aromatic nitrogens is 2. The van der Waals surface area contributed by atoms with Gasteiger partial charge in [-0.05, 0) is 25.1 Å². The van der Waals surface area contributed by atoms with Crippen molar-refractivity contribution in [1.29, 1.82) is 0 Å². The maximum Gasteiger partial charge on any atom is 0.275 e. The Morgan fingerprint density at radius 3 is 2.36 bits per heavy atom. The van der Waals surface area contributed by atoms with E-state index in [1.54, 1.807) is 11.0 Å². The van der Waals surface area contributed by atoms with Crippen LogP contribution in [0.15, 0.2) is 53.3 Å². The lowest BCUT2D eigenvalue weighted by Crippen LogP contribution is -2.50. The first kappa shape index (κ1) is 18.5. The Morgan fingerprint density at radius 2 is 1.64 bits per heavy atom. The lowest BCUT2D eigenvalue weighted by atomic mass is 10.1. The third-order valence-electron chi connectivity index (χ3n) is 5.16. The van der Waals surface area contributed by atoms with Gasteiger partial charge in [0.1, 0.15) is 6.54 Å². The molecule has 1 aromatic heterocycles. The lowest BCUT2D eigenvalue weighted by Gasteiger charge is -2.36. The zero-order valence-electron chi connectivity index (χ0n) is 15.6. The van der Waals surface area contributed by atoms with Crippen LogP contribution in [0.1, 0.15) is 5.69 Å². The van der Waals surface area contributed by atoms with Gasteiger partial charge in [0, 0.05) is 31.6 Å². The topological polar surface area (TPSA) is 58.4 Å². The molecule has 0 bridgehead atoms. The van der Waals surface area contributed by atoms with E-state index in [4.69, 9.17) is 11.6 Å². The molecule has 0 unspecified atom stereocenters. The number of amides is 1. The molecule has 0 radical (unpaired) electrons. The maximum atomic E-state index is 12.8. The van der Waals surface area contributed by atoms with Gasteiger partial charge in [-0.3, -0.25) is 9.59 Å². The minimum Gasteiger partial charge on any atom is -0.367 e. The van der Waals surface area contributed by atoms with Crippen LogP contribution in [0, 0.1) is 6.92 Å². The molecular weight excluding hydrogens is 376 g/mol. The Kier molecular flexibility index (Phi) is 5.05. The smallest absolute Gasteiger partial charge is 0.275 e. The predicted molar refractivity (Wildman–Crippen MR) is 111 cm³/mol. The molecule has 0 N–H and O–H groups in total. The summed E-state index contributed by atoms with van der Waals surface area (Å²) in [5.74, 6) is -0.0944. The fraction of sp³-hybridized carbons (Fsp3) is 0.286. The molecule has 2 heterocycles. The van der Waals surface area contributed by atoms with Gasteiger partial charge in [-0.15, -0.1) is 0 Å². The Bertz CT molecular complexity index is 1090. The second-order valence-electron chi connectivity index (χ2n) is 6.91. The number of halogens is 1. The third-order valence-corrected chi connectivity index (χ3v) is 5.48. The fourth-order valence-corrected chi connectivity index (χ4v) is 3.90. The van der Waals surface area contributed by atoms with Crippen LogP contribution in [0.3, 0.4) is 0 Å². The van der Waals surface area contributed by atoms with Crippen LogP contribution in [0.4, 0.5) is 5.69 Å². The molecule has 6 nitrogen and oxygen atoms in total. The summed E-state index contributed by atoms with van der Waals surface area (Å²) in [6.45, 7) is 4.39. The summed E-state index contributed by atoms with van der Waals surface area (Å²) >= 11 is 6.28. The lowest BCUT2D eigenvalue weighted by molar-refractivity contribution is -0.132. The van der Waals surface area contributed by atoms with E-state index in [9.17, 15) is 9.59 Å². The summed E-state index contributed by atoms with van der Waals surface area (Å²) in [5, 5.41) is 6.46. The van der Waals surface area contributed by atoms with Gasteiger partial charge in [0.05, 0.1) is 21.8 Å². The van der Waals surface area contributed by atoms with Gasteiger partial charge in [-0.1, -0.05) is 41.9 Å². The minimum atomic E-state index is -0.232. The maximum absolute atomic E-state index is 12.8. The van der Waals surface area contributed by atoms with Crippen molar-refractivity contribution in [2.45, 2.75) is 13.5 Å². The molecule has 0 atom stereocenters. The van der Waals surface area contributed by atoms with Crippen LogP contribution in [0.5, 0.6) is 0 Å². The summed E-state index contributed by atoms with van der Waals surface area (Å²) in [6.07, 6.45) is 0. The van der Waals surface area contributed by atoms with E-state index in [1.807, 2.05) is 49.4 Å². The summed E-state index contributed by atoms with van der Waals surface area (Å²) < 4.78 is 1.28. The number of anilines is 1.